The summed E-state index contributed by atoms with van der Waals surface area (Å²) in [6.07, 6.45) is 4.11. The fraction of sp³-hybridized carbons (Fsp3) is 0.375. The first-order chi connectivity index (χ1) is 13.4. The summed E-state index contributed by atoms with van der Waals surface area (Å²) >= 11 is 0. The maximum atomic E-state index is 13.0. The number of Topliss-reactive ketones (excluding diaryl/α,β-unsaturated/α-hetero) is 1. The Bertz CT molecular complexity index is 953. The lowest BCUT2D eigenvalue weighted by atomic mass is 9.96. The number of ether oxygens (including phenoxy) is 1. The Morgan fingerprint density at radius 1 is 1.21 bits per heavy atom. The molecule has 146 valence electrons. The van der Waals surface area contributed by atoms with Gasteiger partial charge >= 0.3 is 0 Å². The molecule has 4 heteroatoms. The normalized spacial score (nSPS) is 19.1. The van der Waals surface area contributed by atoms with Crippen molar-refractivity contribution >= 4 is 11.9 Å². The van der Waals surface area contributed by atoms with Crippen molar-refractivity contribution in [3.05, 3.63) is 63.9 Å². The Morgan fingerprint density at radius 3 is 2.68 bits per heavy atom. The van der Waals surface area contributed by atoms with Crippen LogP contribution in [0.15, 0.2) is 36.1 Å². The van der Waals surface area contributed by atoms with E-state index in [4.69, 9.17) is 4.74 Å². The zero-order valence-electron chi connectivity index (χ0n) is 16.8. The number of benzene rings is 2. The van der Waals surface area contributed by atoms with Crippen molar-refractivity contribution in [2.45, 2.75) is 40.2 Å². The first kappa shape index (κ1) is 18.8. The molecule has 0 amide bonds. The van der Waals surface area contributed by atoms with Gasteiger partial charge in [-0.15, -0.1) is 0 Å². The summed E-state index contributed by atoms with van der Waals surface area (Å²) in [4.78, 5) is 15.4. The Hall–Kier alpha value is -2.59. The molecule has 2 heterocycles. The van der Waals surface area contributed by atoms with Crippen LogP contribution in [-0.2, 0) is 6.54 Å². The molecule has 0 aromatic heterocycles. The van der Waals surface area contributed by atoms with Crippen molar-refractivity contribution < 1.29 is 14.6 Å². The molecule has 1 fully saturated rings. The number of phenolic OH excluding ortho intramolecular Hbond substituents is 1. The van der Waals surface area contributed by atoms with Crippen LogP contribution >= 0.6 is 0 Å². The molecule has 4 nitrogen and oxygen atoms in total. The largest absolute Gasteiger partial charge is 0.507 e. The molecule has 4 rings (SSSR count). The van der Waals surface area contributed by atoms with Crippen LogP contribution in [-0.4, -0.2) is 28.9 Å². The maximum absolute atomic E-state index is 13.0. The van der Waals surface area contributed by atoms with Crippen LogP contribution in [0, 0.1) is 19.8 Å². The summed E-state index contributed by atoms with van der Waals surface area (Å²) in [6.45, 7) is 8.76. The quantitative estimate of drug-likeness (QED) is 0.777. The molecule has 2 aromatic rings. The standard InChI is InChI=1S/C24H27NO3/c1-15-7-9-25(10-8-15)14-19-20(26)12-17(3)22-23(27)21(28-24(19)22)13-18-6-4-5-16(2)11-18/h4-6,11-13,15,26H,7-10,14H2,1-3H3/b21-13-. The van der Waals surface area contributed by atoms with Gasteiger partial charge in [0.15, 0.2) is 5.76 Å². The summed E-state index contributed by atoms with van der Waals surface area (Å²) in [6, 6.07) is 9.66. The summed E-state index contributed by atoms with van der Waals surface area (Å²) < 4.78 is 6.04. The lowest BCUT2D eigenvalue weighted by molar-refractivity contribution is 0.101. The number of hydrogen-bond acceptors (Lipinski definition) is 4. The number of allylic oxidation sites excluding steroid dienone is 1. The van der Waals surface area contributed by atoms with E-state index in [1.165, 1.54) is 0 Å². The maximum Gasteiger partial charge on any atom is 0.232 e. The second kappa shape index (κ2) is 7.44. The molecule has 2 aliphatic heterocycles. The van der Waals surface area contributed by atoms with Crippen molar-refractivity contribution in [1.29, 1.82) is 0 Å². The third-order valence-corrected chi connectivity index (χ3v) is 5.82. The number of phenols is 1. The van der Waals surface area contributed by atoms with Crippen molar-refractivity contribution in [2.75, 3.05) is 13.1 Å². The van der Waals surface area contributed by atoms with Gasteiger partial charge in [-0.1, -0.05) is 36.8 Å². The summed E-state index contributed by atoms with van der Waals surface area (Å²) in [7, 11) is 0. The van der Waals surface area contributed by atoms with E-state index in [9.17, 15) is 9.90 Å². The topological polar surface area (TPSA) is 49.8 Å². The van der Waals surface area contributed by atoms with E-state index in [1.807, 2.05) is 38.1 Å². The number of aromatic hydroxyl groups is 1. The fourth-order valence-electron chi connectivity index (χ4n) is 4.09. The second-order valence-corrected chi connectivity index (χ2v) is 8.21. The predicted molar refractivity (Wildman–Crippen MR) is 111 cm³/mol. The summed E-state index contributed by atoms with van der Waals surface area (Å²) in [5.41, 5.74) is 4.12. The average Bonchev–Trinajstić information content (AvgIpc) is 2.97. The van der Waals surface area contributed by atoms with Crippen molar-refractivity contribution in [1.82, 2.24) is 4.90 Å². The second-order valence-electron chi connectivity index (χ2n) is 8.21. The molecule has 2 aliphatic rings. The predicted octanol–water partition coefficient (Wildman–Crippen LogP) is 4.86. The van der Waals surface area contributed by atoms with E-state index >= 15 is 0 Å². The Kier molecular flexibility index (Phi) is 4.98. The highest BCUT2D eigenvalue weighted by atomic mass is 16.5. The molecule has 0 saturated carbocycles. The van der Waals surface area contributed by atoms with Crippen molar-refractivity contribution in [3.63, 3.8) is 0 Å². The van der Waals surface area contributed by atoms with Crippen LogP contribution in [0.3, 0.4) is 0 Å². The monoisotopic (exact) mass is 377 g/mol. The van der Waals surface area contributed by atoms with Gasteiger partial charge in [0.05, 0.1) is 11.1 Å². The Labute approximate surface area is 166 Å². The van der Waals surface area contributed by atoms with E-state index in [-0.39, 0.29) is 11.5 Å². The first-order valence-corrected chi connectivity index (χ1v) is 10.0. The number of fused-ring (bicyclic) bond motifs is 1. The number of carbonyl (C=O) groups is 1. The van der Waals surface area contributed by atoms with Crippen LogP contribution in [0.2, 0.25) is 0 Å². The summed E-state index contributed by atoms with van der Waals surface area (Å²) in [5, 5.41) is 10.6. The van der Waals surface area contributed by atoms with E-state index in [0.29, 0.717) is 23.6 Å². The number of nitrogens with zero attached hydrogens (tertiary/aromatic N) is 1. The molecule has 0 atom stereocenters. The first-order valence-electron chi connectivity index (χ1n) is 10.0. The van der Waals surface area contributed by atoms with Gasteiger partial charge in [-0.05, 0) is 69.0 Å². The molecule has 28 heavy (non-hydrogen) atoms. The van der Waals surface area contributed by atoms with Gasteiger partial charge in [-0.2, -0.15) is 0 Å². The number of aryl methyl sites for hydroxylation is 2. The minimum absolute atomic E-state index is 0.109. The fourth-order valence-corrected chi connectivity index (χ4v) is 4.09. The van der Waals surface area contributed by atoms with Crippen LogP contribution in [0.1, 0.15) is 52.4 Å². The van der Waals surface area contributed by atoms with E-state index in [1.54, 1.807) is 12.1 Å². The van der Waals surface area contributed by atoms with Gasteiger partial charge in [0.1, 0.15) is 11.5 Å². The Morgan fingerprint density at radius 2 is 1.96 bits per heavy atom. The van der Waals surface area contributed by atoms with Crippen LogP contribution in [0.4, 0.5) is 0 Å². The highest BCUT2D eigenvalue weighted by molar-refractivity contribution is 6.15. The minimum atomic E-state index is -0.109. The zero-order chi connectivity index (χ0) is 19.8. The molecular weight excluding hydrogens is 350 g/mol. The smallest absolute Gasteiger partial charge is 0.232 e. The molecule has 0 spiro atoms. The minimum Gasteiger partial charge on any atom is -0.507 e. The molecule has 0 aliphatic carbocycles. The van der Waals surface area contributed by atoms with Gasteiger partial charge in [0.25, 0.3) is 0 Å². The van der Waals surface area contributed by atoms with Crippen LogP contribution in [0.5, 0.6) is 11.5 Å². The van der Waals surface area contributed by atoms with Gasteiger partial charge in [0, 0.05) is 6.54 Å². The SMILES string of the molecule is Cc1cccc(/C=C2\Oc3c(CN4CCC(C)CC4)c(O)cc(C)c3C2=O)c1. The molecule has 2 aromatic carbocycles. The molecule has 1 saturated heterocycles. The van der Waals surface area contributed by atoms with Gasteiger partial charge < -0.3 is 9.84 Å². The number of carbonyl (C=O) groups excluding carboxylic acids is 1. The lowest BCUT2D eigenvalue weighted by Gasteiger charge is -2.30. The molecule has 0 radical (unpaired) electrons. The third kappa shape index (κ3) is 3.57. The number of likely N-dealkylation sites (tertiary alicyclic amines) is 1. The van der Waals surface area contributed by atoms with E-state index in [0.717, 1.165) is 54.1 Å². The van der Waals surface area contributed by atoms with Gasteiger partial charge in [-0.3, -0.25) is 9.69 Å². The highest BCUT2D eigenvalue weighted by Crippen LogP contribution is 2.42. The lowest BCUT2D eigenvalue weighted by Crippen LogP contribution is -2.32. The number of ketones is 1. The summed E-state index contributed by atoms with van der Waals surface area (Å²) in [5.74, 6) is 1.69. The number of hydrogen-bond donors (Lipinski definition) is 1. The number of piperidine rings is 1. The zero-order valence-corrected chi connectivity index (χ0v) is 16.8. The van der Waals surface area contributed by atoms with Crippen LogP contribution in [0.25, 0.3) is 6.08 Å². The van der Waals surface area contributed by atoms with E-state index < -0.39 is 0 Å². The van der Waals surface area contributed by atoms with Gasteiger partial charge in [-0.25, -0.2) is 0 Å². The highest BCUT2D eigenvalue weighted by Gasteiger charge is 2.34. The van der Waals surface area contributed by atoms with Gasteiger partial charge in [0.2, 0.25) is 5.78 Å². The van der Waals surface area contributed by atoms with Crippen molar-refractivity contribution in [2.24, 2.45) is 5.92 Å². The molecule has 0 unspecified atom stereocenters. The van der Waals surface area contributed by atoms with Crippen LogP contribution < -0.4 is 4.74 Å². The molecule has 0 bridgehead atoms. The number of rotatable bonds is 3. The third-order valence-electron chi connectivity index (χ3n) is 5.82. The van der Waals surface area contributed by atoms with Crippen molar-refractivity contribution in [3.8, 4) is 11.5 Å². The van der Waals surface area contributed by atoms with E-state index in [2.05, 4.69) is 11.8 Å². The molecule has 1 N–H and O–H groups in total. The Balaban J connectivity index is 1.68. The average molecular weight is 377 g/mol. The molecular formula is C24H27NO3.